The minimum Gasteiger partial charge on any atom is -0.489 e. The van der Waals surface area contributed by atoms with E-state index in [9.17, 15) is 29.8 Å². The number of nitro groups is 2. The van der Waals surface area contributed by atoms with Gasteiger partial charge in [0, 0.05) is 23.7 Å². The highest BCUT2D eigenvalue weighted by Gasteiger charge is 2.35. The fourth-order valence-corrected chi connectivity index (χ4v) is 4.28. The number of ether oxygens (including phenoxy) is 1. The van der Waals surface area contributed by atoms with Gasteiger partial charge < -0.3 is 9.64 Å². The van der Waals surface area contributed by atoms with Gasteiger partial charge in [-0.25, -0.2) is 5.43 Å². The van der Waals surface area contributed by atoms with Crippen LogP contribution in [0.2, 0.25) is 5.02 Å². The van der Waals surface area contributed by atoms with Gasteiger partial charge in [0.2, 0.25) is 0 Å². The molecule has 4 rings (SSSR count). The van der Waals surface area contributed by atoms with Crippen molar-refractivity contribution in [1.29, 1.82) is 0 Å². The highest BCUT2D eigenvalue weighted by Crippen LogP contribution is 2.26. The molecule has 0 aliphatic carbocycles. The lowest BCUT2D eigenvalue weighted by molar-refractivity contribution is -0.394. The van der Waals surface area contributed by atoms with Crippen molar-refractivity contribution in [3.63, 3.8) is 0 Å². The Labute approximate surface area is 227 Å². The quantitative estimate of drug-likeness (QED) is 0.233. The van der Waals surface area contributed by atoms with E-state index in [4.69, 9.17) is 16.3 Å². The van der Waals surface area contributed by atoms with E-state index in [0.29, 0.717) is 35.8 Å². The Balaban J connectivity index is 1.36. The standard InChI is InChI=1S/C26H22ClN5O7/c27-20-4-1-3-18(11-20)16-39-23-8-6-17(7-9-23)15-28-29-25(33)24-5-2-10-30(24)26(34)19-12-21(31(35)36)14-22(13-19)32(37)38/h1,3-4,6-9,11-15,24H,2,5,10,16H2,(H,29,33)/t24-/m1/s1. The van der Waals surface area contributed by atoms with Crippen LogP contribution in [0.15, 0.2) is 71.8 Å². The van der Waals surface area contributed by atoms with Crippen LogP contribution in [-0.2, 0) is 11.4 Å². The van der Waals surface area contributed by atoms with Crippen molar-refractivity contribution in [2.75, 3.05) is 6.54 Å². The van der Waals surface area contributed by atoms with Gasteiger partial charge in [-0.1, -0.05) is 23.7 Å². The molecule has 0 radical (unpaired) electrons. The Hall–Kier alpha value is -4.84. The van der Waals surface area contributed by atoms with E-state index < -0.39 is 39.1 Å². The molecule has 0 unspecified atom stereocenters. The second-order valence-electron chi connectivity index (χ2n) is 8.63. The largest absolute Gasteiger partial charge is 0.489 e. The Kier molecular flexibility index (Phi) is 8.46. The molecule has 39 heavy (non-hydrogen) atoms. The van der Waals surface area contributed by atoms with E-state index >= 15 is 0 Å². The third kappa shape index (κ3) is 6.93. The second kappa shape index (κ2) is 12.1. The zero-order valence-electron chi connectivity index (χ0n) is 20.4. The fraction of sp³-hybridized carbons (Fsp3) is 0.192. The van der Waals surface area contributed by atoms with Crippen LogP contribution in [0.25, 0.3) is 0 Å². The van der Waals surface area contributed by atoms with Crippen molar-refractivity contribution < 1.29 is 24.2 Å². The van der Waals surface area contributed by atoms with Crippen LogP contribution >= 0.6 is 11.6 Å². The first-order valence-corrected chi connectivity index (χ1v) is 12.1. The molecule has 0 aromatic heterocycles. The monoisotopic (exact) mass is 551 g/mol. The molecule has 3 aromatic rings. The maximum atomic E-state index is 13.0. The predicted molar refractivity (Wildman–Crippen MR) is 142 cm³/mol. The van der Waals surface area contributed by atoms with Gasteiger partial charge in [-0.3, -0.25) is 29.8 Å². The molecule has 0 bridgehead atoms. The van der Waals surface area contributed by atoms with Gasteiger partial charge >= 0.3 is 0 Å². The number of benzene rings is 3. The second-order valence-corrected chi connectivity index (χ2v) is 9.07. The molecule has 0 spiro atoms. The van der Waals surface area contributed by atoms with E-state index in [-0.39, 0.29) is 12.1 Å². The first-order valence-electron chi connectivity index (χ1n) is 11.8. The molecule has 1 N–H and O–H groups in total. The van der Waals surface area contributed by atoms with Crippen LogP contribution in [-0.4, -0.2) is 45.4 Å². The molecular weight excluding hydrogens is 530 g/mol. The number of hydrazone groups is 1. The lowest BCUT2D eigenvalue weighted by atomic mass is 10.1. The van der Waals surface area contributed by atoms with Crippen LogP contribution in [0.1, 0.15) is 34.3 Å². The summed E-state index contributed by atoms with van der Waals surface area (Å²) in [5.74, 6) is -0.618. The molecule has 2 amide bonds. The average molecular weight is 552 g/mol. The minimum atomic E-state index is -0.879. The van der Waals surface area contributed by atoms with Crippen molar-refractivity contribution in [3.8, 4) is 5.75 Å². The Morgan fingerprint density at radius 3 is 2.38 bits per heavy atom. The highest BCUT2D eigenvalue weighted by molar-refractivity contribution is 6.30. The SMILES string of the molecule is O=C(NN=Cc1ccc(OCc2cccc(Cl)c2)cc1)[C@H]1CCCN1C(=O)c1cc([N+](=O)[O-])cc([N+](=O)[O-])c1. The van der Waals surface area contributed by atoms with Gasteiger partial charge in [-0.15, -0.1) is 0 Å². The molecule has 13 heteroatoms. The lowest BCUT2D eigenvalue weighted by Crippen LogP contribution is -2.44. The lowest BCUT2D eigenvalue weighted by Gasteiger charge is -2.23. The zero-order valence-corrected chi connectivity index (χ0v) is 21.1. The molecule has 200 valence electrons. The van der Waals surface area contributed by atoms with Gasteiger partial charge in [0.1, 0.15) is 18.4 Å². The number of non-ortho nitro benzene ring substituents is 2. The molecular formula is C26H22ClN5O7. The molecule has 1 heterocycles. The summed E-state index contributed by atoms with van der Waals surface area (Å²) >= 11 is 5.98. The number of nitrogens with one attached hydrogen (secondary N) is 1. The van der Waals surface area contributed by atoms with Crippen LogP contribution in [0.4, 0.5) is 11.4 Å². The molecule has 1 fully saturated rings. The van der Waals surface area contributed by atoms with Crippen LogP contribution in [0.5, 0.6) is 5.75 Å². The van der Waals surface area contributed by atoms with E-state index in [1.807, 2.05) is 18.2 Å². The first kappa shape index (κ1) is 27.2. The maximum absolute atomic E-state index is 13.0. The molecule has 1 aliphatic rings. The summed E-state index contributed by atoms with van der Waals surface area (Å²) in [5.41, 5.74) is 2.62. The maximum Gasteiger partial charge on any atom is 0.277 e. The summed E-state index contributed by atoms with van der Waals surface area (Å²) < 4.78 is 5.74. The minimum absolute atomic E-state index is 0.216. The number of nitrogens with zero attached hydrogens (tertiary/aromatic N) is 4. The van der Waals surface area contributed by atoms with Crippen molar-refractivity contribution >= 4 is 41.0 Å². The van der Waals surface area contributed by atoms with Gasteiger partial charge in [0.05, 0.1) is 27.7 Å². The molecule has 1 aliphatic heterocycles. The number of halogens is 1. The number of hydrogen-bond acceptors (Lipinski definition) is 8. The van der Waals surface area contributed by atoms with Gasteiger partial charge in [0.15, 0.2) is 0 Å². The van der Waals surface area contributed by atoms with Crippen molar-refractivity contribution in [2.45, 2.75) is 25.5 Å². The summed E-state index contributed by atoms with van der Waals surface area (Å²) in [7, 11) is 0. The van der Waals surface area contributed by atoms with E-state index in [2.05, 4.69) is 10.5 Å². The topological polar surface area (TPSA) is 157 Å². The number of hydrogen-bond donors (Lipinski definition) is 1. The van der Waals surface area contributed by atoms with Gasteiger partial charge in [0.25, 0.3) is 23.2 Å². The fourth-order valence-electron chi connectivity index (χ4n) is 4.07. The van der Waals surface area contributed by atoms with Crippen LogP contribution in [0.3, 0.4) is 0 Å². The summed E-state index contributed by atoms with van der Waals surface area (Å²) in [5, 5.41) is 26.9. The molecule has 12 nitrogen and oxygen atoms in total. The number of amides is 2. The van der Waals surface area contributed by atoms with Gasteiger partial charge in [-0.05, 0) is 60.4 Å². The number of likely N-dealkylation sites (tertiary alicyclic amines) is 1. The number of nitro benzene ring substituents is 2. The highest BCUT2D eigenvalue weighted by atomic mass is 35.5. The molecule has 0 saturated carbocycles. The van der Waals surface area contributed by atoms with Crippen molar-refractivity contribution in [2.24, 2.45) is 5.10 Å². The van der Waals surface area contributed by atoms with Crippen molar-refractivity contribution in [1.82, 2.24) is 10.3 Å². The average Bonchev–Trinajstić information content (AvgIpc) is 3.42. The number of carbonyl (C=O) groups is 2. The molecule has 1 atom stereocenters. The summed E-state index contributed by atoms with van der Waals surface area (Å²) in [6, 6.07) is 16.2. The van der Waals surface area contributed by atoms with E-state index in [0.717, 1.165) is 23.8 Å². The number of rotatable bonds is 9. The third-order valence-electron chi connectivity index (χ3n) is 5.95. The van der Waals surface area contributed by atoms with Crippen LogP contribution < -0.4 is 10.2 Å². The smallest absolute Gasteiger partial charge is 0.277 e. The van der Waals surface area contributed by atoms with Crippen LogP contribution in [0, 0.1) is 20.2 Å². The molecule has 3 aromatic carbocycles. The number of carbonyl (C=O) groups excluding carboxylic acids is 2. The Morgan fingerprint density at radius 1 is 1.05 bits per heavy atom. The summed E-state index contributed by atoms with van der Waals surface area (Å²) in [6.07, 6.45) is 2.30. The summed E-state index contributed by atoms with van der Waals surface area (Å²) in [6.45, 7) is 0.568. The predicted octanol–water partition coefficient (Wildman–Crippen LogP) is 4.49. The van der Waals surface area contributed by atoms with Gasteiger partial charge in [-0.2, -0.15) is 5.10 Å². The van der Waals surface area contributed by atoms with E-state index in [1.54, 1.807) is 30.3 Å². The Bertz CT molecular complexity index is 1410. The molecule has 1 saturated heterocycles. The summed E-state index contributed by atoms with van der Waals surface area (Å²) in [4.78, 5) is 47.7. The first-order chi connectivity index (χ1) is 18.7. The Morgan fingerprint density at radius 2 is 1.74 bits per heavy atom. The van der Waals surface area contributed by atoms with Crippen molar-refractivity contribution in [3.05, 3.63) is 109 Å². The zero-order chi connectivity index (χ0) is 27.9. The normalized spacial score (nSPS) is 14.8. The van der Waals surface area contributed by atoms with E-state index in [1.165, 1.54) is 11.1 Å². The third-order valence-corrected chi connectivity index (χ3v) is 6.19.